The van der Waals surface area contributed by atoms with E-state index in [0.29, 0.717) is 6.54 Å². The third-order valence-corrected chi connectivity index (χ3v) is 2.99. The van der Waals surface area contributed by atoms with Gasteiger partial charge in [-0.25, -0.2) is 0 Å². The van der Waals surface area contributed by atoms with Gasteiger partial charge in [0.1, 0.15) is 5.75 Å². The van der Waals surface area contributed by atoms with Crippen molar-refractivity contribution in [2.75, 3.05) is 7.11 Å². The van der Waals surface area contributed by atoms with Crippen molar-refractivity contribution in [2.24, 2.45) is 5.73 Å². The molecule has 0 aliphatic heterocycles. The minimum atomic E-state index is 0.542. The molecule has 0 saturated carbocycles. The molecule has 0 radical (unpaired) electrons. The summed E-state index contributed by atoms with van der Waals surface area (Å²) in [4.78, 5) is 3.36. The highest BCUT2D eigenvalue weighted by Crippen LogP contribution is 2.31. The van der Waals surface area contributed by atoms with Gasteiger partial charge in [0.15, 0.2) is 0 Å². The van der Waals surface area contributed by atoms with Crippen LogP contribution in [-0.2, 0) is 13.0 Å². The number of nitrogens with one attached hydrogen (secondary N) is 1. The molecule has 1 aromatic heterocycles. The lowest BCUT2D eigenvalue weighted by atomic mass is 10.1. The van der Waals surface area contributed by atoms with Gasteiger partial charge < -0.3 is 15.5 Å². The molecule has 3 N–H and O–H groups in total. The normalized spacial score (nSPS) is 11.0. The Morgan fingerprint density at radius 3 is 2.69 bits per heavy atom. The number of aryl methyl sites for hydroxylation is 2. The molecule has 16 heavy (non-hydrogen) atoms. The first-order chi connectivity index (χ1) is 7.71. The Hall–Kier alpha value is -1.48. The number of nitrogens with two attached hydrogens (primary N) is 1. The number of fused-ring (bicyclic) bond motifs is 1. The minimum Gasteiger partial charge on any atom is -0.495 e. The Labute approximate surface area is 95.6 Å². The third-order valence-electron chi connectivity index (χ3n) is 2.99. The number of aromatic nitrogens is 1. The van der Waals surface area contributed by atoms with Crippen LogP contribution in [-0.4, -0.2) is 12.1 Å². The number of hydrogen-bond donors (Lipinski definition) is 2. The second kappa shape index (κ2) is 4.18. The first-order valence-corrected chi connectivity index (χ1v) is 5.59. The van der Waals surface area contributed by atoms with E-state index in [1.807, 2.05) is 6.07 Å². The van der Waals surface area contributed by atoms with Crippen molar-refractivity contribution in [1.82, 2.24) is 4.98 Å². The topological polar surface area (TPSA) is 51.0 Å². The zero-order valence-electron chi connectivity index (χ0n) is 10.1. The van der Waals surface area contributed by atoms with Crippen LogP contribution in [0.5, 0.6) is 5.75 Å². The molecule has 1 heterocycles. The van der Waals surface area contributed by atoms with Gasteiger partial charge in [-0.05, 0) is 36.6 Å². The number of hydrogen-bond acceptors (Lipinski definition) is 2. The Bertz CT molecular complexity index is 514. The predicted molar refractivity (Wildman–Crippen MR) is 66.9 cm³/mol. The van der Waals surface area contributed by atoms with Crippen molar-refractivity contribution < 1.29 is 4.74 Å². The first kappa shape index (κ1) is 11.0. The summed E-state index contributed by atoms with van der Waals surface area (Å²) in [6.45, 7) is 4.77. The van der Waals surface area contributed by atoms with E-state index in [0.717, 1.165) is 23.4 Å². The van der Waals surface area contributed by atoms with E-state index in [2.05, 4.69) is 24.9 Å². The summed E-state index contributed by atoms with van der Waals surface area (Å²) in [5.74, 6) is 0.893. The van der Waals surface area contributed by atoms with Crippen LogP contribution in [0.3, 0.4) is 0 Å². The highest BCUT2D eigenvalue weighted by molar-refractivity contribution is 5.90. The lowest BCUT2D eigenvalue weighted by Crippen LogP contribution is -1.99. The quantitative estimate of drug-likeness (QED) is 0.831. The fraction of sp³-hybridized carbons (Fsp3) is 0.385. The summed E-state index contributed by atoms with van der Waals surface area (Å²) >= 11 is 0. The van der Waals surface area contributed by atoms with Crippen LogP contribution in [0, 0.1) is 6.92 Å². The second-order valence-electron chi connectivity index (χ2n) is 4.03. The summed E-state index contributed by atoms with van der Waals surface area (Å²) in [6, 6.07) is 4.23. The molecule has 2 rings (SSSR count). The van der Waals surface area contributed by atoms with Crippen LogP contribution in [0.2, 0.25) is 0 Å². The monoisotopic (exact) mass is 218 g/mol. The average molecular weight is 218 g/mol. The van der Waals surface area contributed by atoms with Gasteiger partial charge in [0.25, 0.3) is 0 Å². The Morgan fingerprint density at radius 2 is 2.12 bits per heavy atom. The molecule has 0 saturated heterocycles. The van der Waals surface area contributed by atoms with Crippen LogP contribution in [0.25, 0.3) is 10.9 Å². The molecule has 1 aromatic carbocycles. The number of aromatic amines is 1. The lowest BCUT2D eigenvalue weighted by molar-refractivity contribution is 0.418. The number of ether oxygens (including phenoxy) is 1. The summed E-state index contributed by atoms with van der Waals surface area (Å²) in [6.07, 6.45) is 0.985. The van der Waals surface area contributed by atoms with Gasteiger partial charge in [-0.2, -0.15) is 0 Å². The van der Waals surface area contributed by atoms with E-state index in [-0.39, 0.29) is 0 Å². The highest BCUT2D eigenvalue weighted by Gasteiger charge is 2.12. The fourth-order valence-electron chi connectivity index (χ4n) is 2.25. The number of rotatable bonds is 3. The van der Waals surface area contributed by atoms with Gasteiger partial charge in [-0.15, -0.1) is 0 Å². The van der Waals surface area contributed by atoms with Gasteiger partial charge in [-0.1, -0.05) is 6.92 Å². The number of methoxy groups -OCH3 is 1. The summed E-state index contributed by atoms with van der Waals surface area (Å²) in [5, 5.41) is 1.24. The molecular weight excluding hydrogens is 200 g/mol. The largest absolute Gasteiger partial charge is 0.495 e. The van der Waals surface area contributed by atoms with Crippen molar-refractivity contribution in [3.63, 3.8) is 0 Å². The second-order valence-corrected chi connectivity index (χ2v) is 4.03. The summed E-state index contributed by atoms with van der Waals surface area (Å²) in [5.41, 5.74) is 10.4. The van der Waals surface area contributed by atoms with Crippen molar-refractivity contribution in [1.29, 1.82) is 0 Å². The van der Waals surface area contributed by atoms with Crippen molar-refractivity contribution >= 4 is 10.9 Å². The van der Waals surface area contributed by atoms with E-state index < -0.39 is 0 Å². The molecule has 3 heteroatoms. The van der Waals surface area contributed by atoms with Gasteiger partial charge in [-0.3, -0.25) is 0 Å². The summed E-state index contributed by atoms with van der Waals surface area (Å²) < 4.78 is 5.39. The van der Waals surface area contributed by atoms with Crippen LogP contribution in [0.1, 0.15) is 23.7 Å². The molecule has 0 amide bonds. The van der Waals surface area contributed by atoms with Crippen LogP contribution in [0.4, 0.5) is 0 Å². The molecule has 0 fully saturated rings. The van der Waals surface area contributed by atoms with Crippen LogP contribution >= 0.6 is 0 Å². The Morgan fingerprint density at radius 1 is 1.38 bits per heavy atom. The van der Waals surface area contributed by atoms with Gasteiger partial charge in [0.2, 0.25) is 0 Å². The summed E-state index contributed by atoms with van der Waals surface area (Å²) in [7, 11) is 1.70. The van der Waals surface area contributed by atoms with Crippen molar-refractivity contribution in [3.05, 3.63) is 29.0 Å². The van der Waals surface area contributed by atoms with E-state index in [4.69, 9.17) is 10.5 Å². The zero-order valence-corrected chi connectivity index (χ0v) is 10.1. The van der Waals surface area contributed by atoms with Gasteiger partial charge >= 0.3 is 0 Å². The van der Waals surface area contributed by atoms with Crippen LogP contribution in [0.15, 0.2) is 12.1 Å². The van der Waals surface area contributed by atoms with Crippen molar-refractivity contribution in [3.8, 4) is 5.75 Å². The van der Waals surface area contributed by atoms with E-state index in [1.165, 1.54) is 16.5 Å². The molecule has 0 spiro atoms. The van der Waals surface area contributed by atoms with E-state index in [1.54, 1.807) is 7.11 Å². The molecular formula is C13H18N2O. The molecule has 0 atom stereocenters. The molecule has 0 aliphatic carbocycles. The molecule has 86 valence electrons. The highest BCUT2D eigenvalue weighted by atomic mass is 16.5. The smallest absolute Gasteiger partial charge is 0.143 e. The molecule has 0 aliphatic rings. The molecule has 2 aromatic rings. The maximum absolute atomic E-state index is 5.75. The fourth-order valence-corrected chi connectivity index (χ4v) is 2.25. The minimum absolute atomic E-state index is 0.542. The van der Waals surface area contributed by atoms with E-state index in [9.17, 15) is 0 Å². The van der Waals surface area contributed by atoms with Crippen molar-refractivity contribution in [2.45, 2.75) is 26.8 Å². The van der Waals surface area contributed by atoms with Gasteiger partial charge in [0, 0.05) is 17.6 Å². The standard InChI is InChI=1S/C13H18N2O/c1-4-9-10-5-8(2)6-12(16-3)13(10)15-11(9)7-14/h5-6,15H,4,7,14H2,1-3H3. The Kier molecular flexibility index (Phi) is 2.88. The van der Waals surface area contributed by atoms with Gasteiger partial charge in [0.05, 0.1) is 12.6 Å². The molecule has 0 bridgehead atoms. The molecule has 0 unspecified atom stereocenters. The number of H-pyrrole nitrogens is 1. The maximum atomic E-state index is 5.75. The first-order valence-electron chi connectivity index (χ1n) is 5.59. The molecule has 3 nitrogen and oxygen atoms in total. The lowest BCUT2D eigenvalue weighted by Gasteiger charge is -2.04. The number of benzene rings is 1. The average Bonchev–Trinajstić information content (AvgIpc) is 2.65. The third kappa shape index (κ3) is 1.57. The zero-order chi connectivity index (χ0) is 11.7. The maximum Gasteiger partial charge on any atom is 0.143 e. The Balaban J connectivity index is 2.80. The van der Waals surface area contributed by atoms with Crippen LogP contribution < -0.4 is 10.5 Å². The SMILES string of the molecule is CCc1c(CN)[nH]c2c(OC)cc(C)cc12. The predicted octanol–water partition coefficient (Wildman–Crippen LogP) is 2.51. The van der Waals surface area contributed by atoms with E-state index >= 15 is 0 Å².